The van der Waals surface area contributed by atoms with Crippen LogP contribution >= 0.6 is 0 Å². The van der Waals surface area contributed by atoms with Gasteiger partial charge < -0.3 is 5.32 Å². The van der Waals surface area contributed by atoms with Crippen molar-refractivity contribution in [1.29, 1.82) is 0 Å². The zero-order valence-corrected chi connectivity index (χ0v) is 14.2. The molecule has 0 radical (unpaired) electrons. The highest BCUT2D eigenvalue weighted by molar-refractivity contribution is 5.27. The molecule has 1 saturated carbocycles. The molecule has 1 aromatic heterocycles. The Morgan fingerprint density at radius 3 is 2.43 bits per heavy atom. The third-order valence-corrected chi connectivity index (χ3v) is 4.54. The van der Waals surface area contributed by atoms with Gasteiger partial charge in [-0.2, -0.15) is 5.10 Å². The van der Waals surface area contributed by atoms with Gasteiger partial charge in [-0.15, -0.1) is 0 Å². The van der Waals surface area contributed by atoms with Crippen LogP contribution < -0.4 is 5.32 Å². The molecule has 0 saturated heterocycles. The number of nitrogens with one attached hydrogen (secondary N) is 1. The van der Waals surface area contributed by atoms with E-state index in [0.29, 0.717) is 0 Å². The molecule has 0 aromatic carbocycles. The molecule has 1 aromatic rings. The van der Waals surface area contributed by atoms with E-state index in [1.165, 1.54) is 61.9 Å². The largest absolute Gasteiger partial charge is 0.310 e. The highest BCUT2D eigenvalue weighted by Crippen LogP contribution is 2.22. The number of aryl methyl sites for hydroxylation is 2. The van der Waals surface area contributed by atoms with Crippen LogP contribution in [0.4, 0.5) is 0 Å². The van der Waals surface area contributed by atoms with Crippen LogP contribution in [0.1, 0.15) is 82.7 Å². The van der Waals surface area contributed by atoms with Crippen LogP contribution in [0.25, 0.3) is 0 Å². The first-order valence-corrected chi connectivity index (χ1v) is 9.10. The summed E-state index contributed by atoms with van der Waals surface area (Å²) in [7, 11) is 0. The average molecular weight is 291 g/mol. The minimum Gasteiger partial charge on any atom is -0.310 e. The molecule has 3 heteroatoms. The second-order valence-electron chi connectivity index (χ2n) is 6.37. The lowest BCUT2D eigenvalue weighted by atomic mass is 10.1. The topological polar surface area (TPSA) is 29.9 Å². The van der Waals surface area contributed by atoms with E-state index in [4.69, 9.17) is 5.10 Å². The van der Waals surface area contributed by atoms with E-state index in [9.17, 15) is 0 Å². The van der Waals surface area contributed by atoms with E-state index in [-0.39, 0.29) is 0 Å². The zero-order chi connectivity index (χ0) is 15.1. The van der Waals surface area contributed by atoms with Crippen LogP contribution in [0, 0.1) is 0 Å². The van der Waals surface area contributed by atoms with Gasteiger partial charge in [0, 0.05) is 30.4 Å². The molecule has 0 bridgehead atoms. The van der Waals surface area contributed by atoms with E-state index in [1.807, 2.05) is 0 Å². The van der Waals surface area contributed by atoms with Gasteiger partial charge in [0.25, 0.3) is 0 Å². The third-order valence-electron chi connectivity index (χ3n) is 4.54. The molecule has 0 amide bonds. The number of hydrogen-bond acceptors (Lipinski definition) is 2. The van der Waals surface area contributed by atoms with Crippen LogP contribution in [0.2, 0.25) is 0 Å². The summed E-state index contributed by atoms with van der Waals surface area (Å²) in [4.78, 5) is 0. The Kier molecular flexibility index (Phi) is 6.75. The molecule has 1 aliphatic rings. The van der Waals surface area contributed by atoms with Gasteiger partial charge in [-0.3, -0.25) is 4.68 Å². The maximum Gasteiger partial charge on any atom is 0.0669 e. The second kappa shape index (κ2) is 8.57. The van der Waals surface area contributed by atoms with Crippen LogP contribution in [0.5, 0.6) is 0 Å². The maximum absolute atomic E-state index is 4.89. The molecule has 0 atom stereocenters. The van der Waals surface area contributed by atoms with Crippen molar-refractivity contribution in [1.82, 2.24) is 15.1 Å². The molecule has 120 valence electrons. The average Bonchev–Trinajstić information content (AvgIpc) is 3.26. The van der Waals surface area contributed by atoms with Gasteiger partial charge in [0.05, 0.1) is 5.69 Å². The van der Waals surface area contributed by atoms with Crippen LogP contribution in [0.15, 0.2) is 0 Å². The van der Waals surface area contributed by atoms with Crippen molar-refractivity contribution in [2.45, 2.75) is 97.7 Å². The summed E-state index contributed by atoms with van der Waals surface area (Å²) >= 11 is 0. The molecule has 1 fully saturated rings. The van der Waals surface area contributed by atoms with Gasteiger partial charge in [-0.25, -0.2) is 0 Å². The molecule has 0 spiro atoms. The fourth-order valence-corrected chi connectivity index (χ4v) is 3.06. The molecule has 3 nitrogen and oxygen atoms in total. The molecule has 1 N–H and O–H groups in total. The molecule has 21 heavy (non-hydrogen) atoms. The fraction of sp³-hybridized carbons (Fsp3) is 0.833. The van der Waals surface area contributed by atoms with Crippen molar-refractivity contribution in [3.63, 3.8) is 0 Å². The summed E-state index contributed by atoms with van der Waals surface area (Å²) in [6, 6.07) is 0.775. The summed E-state index contributed by atoms with van der Waals surface area (Å²) in [5.74, 6) is 0. The van der Waals surface area contributed by atoms with E-state index < -0.39 is 0 Å². The number of unbranched alkanes of at least 4 members (excludes halogenated alkanes) is 4. The van der Waals surface area contributed by atoms with Gasteiger partial charge in [-0.05, 0) is 32.1 Å². The minimum absolute atomic E-state index is 0.775. The van der Waals surface area contributed by atoms with Crippen molar-refractivity contribution in [3.05, 3.63) is 17.0 Å². The minimum atomic E-state index is 0.775. The molecule has 2 rings (SSSR count). The van der Waals surface area contributed by atoms with Gasteiger partial charge in [0.15, 0.2) is 0 Å². The number of aromatic nitrogens is 2. The zero-order valence-electron chi connectivity index (χ0n) is 14.2. The predicted molar refractivity (Wildman–Crippen MR) is 89.6 cm³/mol. The fourth-order valence-electron chi connectivity index (χ4n) is 3.06. The standard InChI is InChI=1S/C18H33N3/c1-4-7-8-9-10-13-21-18(6-3)16(17(5-2)20-21)14-19-15-11-12-15/h15,19H,4-14H2,1-3H3. The summed E-state index contributed by atoms with van der Waals surface area (Å²) in [5, 5.41) is 8.56. The quantitative estimate of drug-likeness (QED) is 0.618. The normalized spacial score (nSPS) is 14.8. The monoisotopic (exact) mass is 291 g/mol. The Balaban J connectivity index is 1.94. The third kappa shape index (κ3) is 4.84. The Morgan fingerprint density at radius 2 is 1.81 bits per heavy atom. The lowest BCUT2D eigenvalue weighted by Crippen LogP contribution is -2.17. The Labute approximate surface area is 130 Å². The van der Waals surface area contributed by atoms with Crippen molar-refractivity contribution < 1.29 is 0 Å². The Morgan fingerprint density at radius 1 is 1.05 bits per heavy atom. The lowest BCUT2D eigenvalue weighted by molar-refractivity contribution is 0.515. The second-order valence-corrected chi connectivity index (χ2v) is 6.37. The van der Waals surface area contributed by atoms with Gasteiger partial charge >= 0.3 is 0 Å². The summed E-state index contributed by atoms with van der Waals surface area (Å²) in [5.41, 5.74) is 4.27. The highest BCUT2D eigenvalue weighted by atomic mass is 15.3. The van der Waals surface area contributed by atoms with Crippen molar-refractivity contribution >= 4 is 0 Å². The van der Waals surface area contributed by atoms with Crippen molar-refractivity contribution in [2.24, 2.45) is 0 Å². The summed E-state index contributed by atoms with van der Waals surface area (Å²) < 4.78 is 2.30. The summed E-state index contributed by atoms with van der Waals surface area (Å²) in [6.07, 6.45) is 11.5. The van der Waals surface area contributed by atoms with E-state index in [2.05, 4.69) is 30.8 Å². The first kappa shape index (κ1) is 16.5. The van der Waals surface area contributed by atoms with E-state index >= 15 is 0 Å². The van der Waals surface area contributed by atoms with Crippen molar-refractivity contribution in [3.8, 4) is 0 Å². The molecule has 0 aliphatic heterocycles. The number of nitrogens with zero attached hydrogens (tertiary/aromatic N) is 2. The molecular formula is C18H33N3. The maximum atomic E-state index is 4.89. The van der Waals surface area contributed by atoms with E-state index in [0.717, 1.165) is 32.0 Å². The molecular weight excluding hydrogens is 258 g/mol. The first-order valence-electron chi connectivity index (χ1n) is 9.10. The van der Waals surface area contributed by atoms with Gasteiger partial charge in [0.1, 0.15) is 0 Å². The highest BCUT2D eigenvalue weighted by Gasteiger charge is 2.22. The number of rotatable bonds is 11. The Bertz CT molecular complexity index is 418. The van der Waals surface area contributed by atoms with Gasteiger partial charge in [0.2, 0.25) is 0 Å². The number of hydrogen-bond donors (Lipinski definition) is 1. The predicted octanol–water partition coefficient (Wildman–Crippen LogP) is 4.23. The Hall–Kier alpha value is -0.830. The van der Waals surface area contributed by atoms with E-state index in [1.54, 1.807) is 0 Å². The molecule has 1 heterocycles. The molecule has 1 aliphatic carbocycles. The van der Waals surface area contributed by atoms with Crippen LogP contribution in [0.3, 0.4) is 0 Å². The lowest BCUT2D eigenvalue weighted by Gasteiger charge is -2.09. The SMILES string of the molecule is CCCCCCCn1nc(CC)c(CNC2CC2)c1CC. The van der Waals surface area contributed by atoms with Crippen molar-refractivity contribution in [2.75, 3.05) is 0 Å². The smallest absolute Gasteiger partial charge is 0.0669 e. The summed E-state index contributed by atoms with van der Waals surface area (Å²) in [6.45, 7) is 8.89. The van der Waals surface area contributed by atoms with Crippen LogP contribution in [-0.4, -0.2) is 15.8 Å². The van der Waals surface area contributed by atoms with Gasteiger partial charge in [-0.1, -0.05) is 46.5 Å². The molecule has 0 unspecified atom stereocenters. The first-order chi connectivity index (χ1) is 10.3. The van der Waals surface area contributed by atoms with Crippen LogP contribution in [-0.2, 0) is 25.9 Å².